The molecule has 0 radical (unpaired) electrons. The summed E-state index contributed by atoms with van der Waals surface area (Å²) in [6.07, 6.45) is 0. The van der Waals surface area contributed by atoms with Crippen molar-refractivity contribution in [2.24, 2.45) is 0 Å². The van der Waals surface area contributed by atoms with E-state index in [1.165, 1.54) is 17.4 Å². The highest BCUT2D eigenvalue weighted by atomic mass is 79.9. The molecule has 0 saturated carbocycles. The largest absolute Gasteiger partial charge is 0.478 e. The molecule has 0 fully saturated rings. The van der Waals surface area contributed by atoms with Crippen LogP contribution in [0, 0.1) is 0 Å². The smallest absolute Gasteiger partial charge is 0.336 e. The van der Waals surface area contributed by atoms with Gasteiger partial charge in [0.25, 0.3) is 0 Å². The normalized spacial score (nSPS) is 12.3. The quantitative estimate of drug-likeness (QED) is 0.867. The summed E-state index contributed by atoms with van der Waals surface area (Å²) in [5.74, 6) is -0.825. The van der Waals surface area contributed by atoms with E-state index in [0.29, 0.717) is 13.7 Å². The minimum absolute atomic E-state index is 0.0594. The lowest BCUT2D eigenvalue weighted by atomic mass is 10.2. The summed E-state index contributed by atoms with van der Waals surface area (Å²) in [6, 6.07) is 8.17. The van der Waals surface area contributed by atoms with Crippen molar-refractivity contribution in [2.45, 2.75) is 10.6 Å². The van der Waals surface area contributed by atoms with Gasteiger partial charge in [0.1, 0.15) is 0 Å². The zero-order valence-electron chi connectivity index (χ0n) is 9.43. The Morgan fingerprint density at radius 2 is 2.11 bits per heavy atom. The van der Waals surface area contributed by atoms with Crippen LogP contribution in [0.2, 0.25) is 4.34 Å². The van der Waals surface area contributed by atoms with Crippen LogP contribution in [0.25, 0.3) is 0 Å². The first-order valence-corrected chi connectivity index (χ1v) is 8.43. The highest BCUT2D eigenvalue weighted by Crippen LogP contribution is 2.26. The lowest BCUT2D eigenvalue weighted by molar-refractivity contribution is 0.0693. The molecule has 0 aliphatic rings. The van der Waals surface area contributed by atoms with Gasteiger partial charge in [0.2, 0.25) is 0 Å². The molecule has 1 heterocycles. The first kappa shape index (κ1) is 14.7. The summed E-state index contributed by atoms with van der Waals surface area (Å²) in [5.41, 5.74) is 0.0594. The van der Waals surface area contributed by atoms with Crippen molar-refractivity contribution in [1.82, 2.24) is 0 Å². The van der Waals surface area contributed by atoms with E-state index in [1.54, 1.807) is 24.3 Å². The van der Waals surface area contributed by atoms with Gasteiger partial charge in [0, 0.05) is 9.35 Å². The Labute approximate surface area is 129 Å². The van der Waals surface area contributed by atoms with Gasteiger partial charge in [-0.3, -0.25) is 4.21 Å². The Balaban J connectivity index is 2.32. The third kappa shape index (κ3) is 3.66. The molecule has 1 N–H and O–H groups in total. The van der Waals surface area contributed by atoms with Crippen LogP contribution in [-0.2, 0) is 16.6 Å². The summed E-state index contributed by atoms with van der Waals surface area (Å²) in [4.78, 5) is 12.3. The van der Waals surface area contributed by atoms with Crippen molar-refractivity contribution in [3.63, 3.8) is 0 Å². The molecule has 1 atom stereocenters. The number of carbonyl (C=O) groups is 1. The fourth-order valence-electron chi connectivity index (χ4n) is 1.50. The van der Waals surface area contributed by atoms with E-state index in [-0.39, 0.29) is 11.3 Å². The Kier molecular flexibility index (Phi) is 4.78. The van der Waals surface area contributed by atoms with E-state index in [4.69, 9.17) is 16.7 Å². The number of benzene rings is 1. The van der Waals surface area contributed by atoms with E-state index in [1.807, 2.05) is 0 Å². The van der Waals surface area contributed by atoms with Crippen molar-refractivity contribution in [3.05, 3.63) is 49.6 Å². The minimum Gasteiger partial charge on any atom is -0.478 e. The molecule has 3 nitrogen and oxygen atoms in total. The molecule has 0 spiro atoms. The summed E-state index contributed by atoms with van der Waals surface area (Å²) in [7, 11) is -1.42. The molecule has 0 saturated heterocycles. The van der Waals surface area contributed by atoms with Crippen LogP contribution in [0.5, 0.6) is 0 Å². The summed E-state index contributed by atoms with van der Waals surface area (Å²) in [6.45, 7) is 0. The fourth-order valence-corrected chi connectivity index (χ4v) is 4.62. The predicted molar refractivity (Wildman–Crippen MR) is 80.5 cm³/mol. The van der Waals surface area contributed by atoms with Crippen LogP contribution in [0.3, 0.4) is 0 Å². The number of hydrogen-bond donors (Lipinski definition) is 1. The first-order valence-electron chi connectivity index (χ1n) is 5.13. The van der Waals surface area contributed by atoms with E-state index >= 15 is 0 Å². The summed E-state index contributed by atoms with van der Waals surface area (Å²) < 4.78 is 13.6. The fraction of sp³-hybridized carbons (Fsp3) is 0.0833. The molecule has 2 rings (SSSR count). The molecular weight excluding hydrogens is 372 g/mol. The van der Waals surface area contributed by atoms with E-state index in [9.17, 15) is 9.00 Å². The van der Waals surface area contributed by atoms with Crippen LogP contribution in [-0.4, -0.2) is 15.3 Å². The molecule has 0 bridgehead atoms. The third-order valence-electron chi connectivity index (χ3n) is 2.32. The number of aromatic carboxylic acids is 1. The Morgan fingerprint density at radius 1 is 1.37 bits per heavy atom. The van der Waals surface area contributed by atoms with Gasteiger partial charge in [-0.15, -0.1) is 11.3 Å². The average molecular weight is 380 g/mol. The van der Waals surface area contributed by atoms with Gasteiger partial charge in [-0.2, -0.15) is 0 Å². The number of thiophene rings is 1. The minimum atomic E-state index is -1.42. The second-order valence-corrected chi connectivity index (χ2v) is 7.78. The third-order valence-corrected chi connectivity index (χ3v) is 5.63. The molecule has 1 unspecified atom stereocenters. The van der Waals surface area contributed by atoms with Crippen molar-refractivity contribution in [3.8, 4) is 0 Å². The number of rotatable bonds is 4. The summed E-state index contributed by atoms with van der Waals surface area (Å²) in [5, 5.41) is 9.11. The Hall–Kier alpha value is -0.690. The zero-order chi connectivity index (χ0) is 14.0. The van der Waals surface area contributed by atoms with Crippen molar-refractivity contribution < 1.29 is 14.1 Å². The summed E-state index contributed by atoms with van der Waals surface area (Å²) >= 11 is 10.4. The molecule has 7 heteroatoms. The molecule has 0 aliphatic carbocycles. The van der Waals surface area contributed by atoms with E-state index in [2.05, 4.69) is 15.9 Å². The lowest BCUT2D eigenvalue weighted by Gasteiger charge is -2.06. The van der Waals surface area contributed by atoms with Crippen molar-refractivity contribution in [2.75, 3.05) is 0 Å². The van der Waals surface area contributed by atoms with Crippen LogP contribution < -0.4 is 0 Å². The predicted octanol–water partition coefficient (Wildman–Crippen LogP) is 4.17. The van der Waals surface area contributed by atoms with E-state index < -0.39 is 16.8 Å². The Morgan fingerprint density at radius 3 is 2.68 bits per heavy atom. The molecule has 1 aromatic heterocycles. The molecule has 2 aromatic rings. The van der Waals surface area contributed by atoms with Crippen molar-refractivity contribution >= 4 is 55.6 Å². The van der Waals surface area contributed by atoms with Gasteiger partial charge in [-0.1, -0.05) is 27.5 Å². The monoisotopic (exact) mass is 378 g/mol. The van der Waals surface area contributed by atoms with Crippen LogP contribution >= 0.6 is 38.9 Å². The van der Waals surface area contributed by atoms with Gasteiger partial charge in [0.15, 0.2) is 0 Å². The molecule has 0 aliphatic heterocycles. The van der Waals surface area contributed by atoms with Crippen molar-refractivity contribution in [1.29, 1.82) is 0 Å². The SMILES string of the molecule is O=C(O)c1ccc(Br)cc1S(=O)Cc1ccc(Cl)s1. The second-order valence-electron chi connectivity index (χ2n) is 3.64. The second kappa shape index (κ2) is 6.17. The molecule has 0 amide bonds. The van der Waals surface area contributed by atoms with Crippen LogP contribution in [0.15, 0.2) is 39.7 Å². The maximum absolute atomic E-state index is 12.3. The lowest BCUT2D eigenvalue weighted by Crippen LogP contribution is -2.05. The first-order chi connectivity index (χ1) is 8.97. The number of halogens is 2. The molecular formula is C12H8BrClO3S2. The van der Waals surface area contributed by atoms with Gasteiger partial charge < -0.3 is 5.11 Å². The molecule has 100 valence electrons. The van der Waals surface area contributed by atoms with Gasteiger partial charge in [-0.25, -0.2) is 4.79 Å². The zero-order valence-corrected chi connectivity index (χ0v) is 13.4. The number of carboxylic acids is 1. The topological polar surface area (TPSA) is 54.4 Å². The maximum atomic E-state index is 12.3. The van der Waals surface area contributed by atoms with Crippen LogP contribution in [0.4, 0.5) is 0 Å². The molecule has 1 aromatic carbocycles. The van der Waals surface area contributed by atoms with Crippen LogP contribution in [0.1, 0.15) is 15.2 Å². The van der Waals surface area contributed by atoms with Gasteiger partial charge >= 0.3 is 5.97 Å². The average Bonchev–Trinajstić information content (AvgIpc) is 2.74. The number of hydrogen-bond acceptors (Lipinski definition) is 3. The Bertz CT molecular complexity index is 654. The van der Waals surface area contributed by atoms with Gasteiger partial charge in [0.05, 0.1) is 31.3 Å². The maximum Gasteiger partial charge on any atom is 0.336 e. The highest BCUT2D eigenvalue weighted by molar-refractivity contribution is 9.10. The number of carboxylic acid groups (broad SMARTS) is 1. The van der Waals surface area contributed by atoms with Gasteiger partial charge in [-0.05, 0) is 30.3 Å². The van der Waals surface area contributed by atoms with E-state index in [0.717, 1.165) is 4.88 Å². The molecule has 19 heavy (non-hydrogen) atoms. The standard InChI is InChI=1S/C12H8BrClO3S2/c13-7-1-3-9(12(15)16)10(5-7)19(17)6-8-2-4-11(14)18-8/h1-5H,6H2,(H,15,16). The highest BCUT2D eigenvalue weighted by Gasteiger charge is 2.16.